The molecule has 1 aromatic carbocycles. The van der Waals surface area contributed by atoms with E-state index in [1.54, 1.807) is 0 Å². The predicted octanol–water partition coefficient (Wildman–Crippen LogP) is 2.61. The van der Waals surface area contributed by atoms with Gasteiger partial charge in [-0.1, -0.05) is 0 Å². The van der Waals surface area contributed by atoms with E-state index in [0.717, 1.165) is 23.0 Å². The Morgan fingerprint density at radius 2 is 2.25 bits per heavy atom. The van der Waals surface area contributed by atoms with Crippen molar-refractivity contribution in [3.8, 4) is 6.07 Å². The number of rotatable bonds is 2. The summed E-state index contributed by atoms with van der Waals surface area (Å²) in [4.78, 5) is 0. The van der Waals surface area contributed by atoms with Gasteiger partial charge in [0.25, 0.3) is 0 Å². The number of nitriles is 1. The lowest BCUT2D eigenvalue weighted by molar-refractivity contribution is 0.638. The standard InChI is InChI=1S/C12H14BrN3/c13-10-6-9(5-4-8(10)7-14)16-12-3-1-2-11(12)15/h4-6,11-12,16H,1-3,15H2. The molecule has 2 rings (SSSR count). The van der Waals surface area contributed by atoms with Crippen LogP contribution in [0.1, 0.15) is 24.8 Å². The minimum Gasteiger partial charge on any atom is -0.381 e. The Bertz CT molecular complexity index is 425. The van der Waals surface area contributed by atoms with Gasteiger partial charge in [-0.3, -0.25) is 0 Å². The average molecular weight is 280 g/mol. The maximum Gasteiger partial charge on any atom is 0.100 e. The van der Waals surface area contributed by atoms with Crippen molar-refractivity contribution < 1.29 is 0 Å². The Hall–Kier alpha value is -1.05. The van der Waals surface area contributed by atoms with Gasteiger partial charge in [0.15, 0.2) is 0 Å². The van der Waals surface area contributed by atoms with Crippen LogP contribution < -0.4 is 11.1 Å². The quantitative estimate of drug-likeness (QED) is 0.875. The van der Waals surface area contributed by atoms with E-state index in [-0.39, 0.29) is 6.04 Å². The summed E-state index contributed by atoms with van der Waals surface area (Å²) in [5.41, 5.74) is 7.67. The molecule has 0 aromatic heterocycles. The van der Waals surface area contributed by atoms with Crippen LogP contribution in [0.2, 0.25) is 0 Å². The van der Waals surface area contributed by atoms with Crippen molar-refractivity contribution in [2.45, 2.75) is 31.3 Å². The highest BCUT2D eigenvalue weighted by Crippen LogP contribution is 2.25. The number of anilines is 1. The van der Waals surface area contributed by atoms with Crippen molar-refractivity contribution in [2.75, 3.05) is 5.32 Å². The van der Waals surface area contributed by atoms with Gasteiger partial charge in [-0.25, -0.2) is 0 Å². The highest BCUT2D eigenvalue weighted by molar-refractivity contribution is 9.10. The van der Waals surface area contributed by atoms with Crippen LogP contribution in [-0.4, -0.2) is 12.1 Å². The topological polar surface area (TPSA) is 61.8 Å². The third-order valence-corrected chi connectivity index (χ3v) is 3.67. The monoisotopic (exact) mass is 279 g/mol. The summed E-state index contributed by atoms with van der Waals surface area (Å²) in [6.45, 7) is 0. The number of hydrogen-bond acceptors (Lipinski definition) is 3. The molecule has 16 heavy (non-hydrogen) atoms. The maximum atomic E-state index is 8.82. The SMILES string of the molecule is N#Cc1ccc(NC2CCCC2N)cc1Br. The van der Waals surface area contributed by atoms with Crippen LogP contribution in [0.3, 0.4) is 0 Å². The predicted molar refractivity (Wildman–Crippen MR) is 68.1 cm³/mol. The molecule has 0 bridgehead atoms. The second kappa shape index (κ2) is 4.86. The first-order chi connectivity index (χ1) is 7.70. The first-order valence-corrected chi connectivity index (χ1v) is 6.22. The molecule has 1 fully saturated rings. The molecule has 3 N–H and O–H groups in total. The van der Waals surface area contributed by atoms with E-state index < -0.39 is 0 Å². The van der Waals surface area contributed by atoms with Crippen molar-refractivity contribution in [1.29, 1.82) is 5.26 Å². The van der Waals surface area contributed by atoms with Crippen LogP contribution in [0.15, 0.2) is 22.7 Å². The zero-order valence-corrected chi connectivity index (χ0v) is 10.5. The Morgan fingerprint density at radius 3 is 2.81 bits per heavy atom. The van der Waals surface area contributed by atoms with Gasteiger partial charge in [0.05, 0.1) is 5.56 Å². The number of nitrogens with zero attached hydrogens (tertiary/aromatic N) is 1. The van der Waals surface area contributed by atoms with E-state index in [1.165, 1.54) is 6.42 Å². The second-order valence-corrected chi connectivity index (χ2v) is 5.01. The van der Waals surface area contributed by atoms with Crippen LogP contribution in [0.25, 0.3) is 0 Å². The van der Waals surface area contributed by atoms with E-state index in [4.69, 9.17) is 11.0 Å². The van der Waals surface area contributed by atoms with Crippen LogP contribution in [0, 0.1) is 11.3 Å². The van der Waals surface area contributed by atoms with E-state index >= 15 is 0 Å². The van der Waals surface area contributed by atoms with E-state index in [9.17, 15) is 0 Å². The summed E-state index contributed by atoms with van der Waals surface area (Å²) in [7, 11) is 0. The number of halogens is 1. The fraction of sp³-hybridized carbons (Fsp3) is 0.417. The average Bonchev–Trinajstić information content (AvgIpc) is 2.65. The fourth-order valence-electron chi connectivity index (χ4n) is 2.08. The molecule has 3 nitrogen and oxygen atoms in total. The molecule has 4 heteroatoms. The lowest BCUT2D eigenvalue weighted by atomic mass is 10.1. The molecule has 0 aliphatic heterocycles. The minimum absolute atomic E-state index is 0.245. The van der Waals surface area contributed by atoms with Crippen LogP contribution >= 0.6 is 15.9 Å². The molecule has 0 heterocycles. The Kier molecular flexibility index (Phi) is 3.47. The number of benzene rings is 1. The maximum absolute atomic E-state index is 8.82. The molecule has 1 aliphatic rings. The van der Waals surface area contributed by atoms with Crippen molar-refractivity contribution >= 4 is 21.6 Å². The molecule has 0 saturated heterocycles. The summed E-state index contributed by atoms with van der Waals surface area (Å²) in [5, 5.41) is 12.2. The van der Waals surface area contributed by atoms with Gasteiger partial charge in [0.2, 0.25) is 0 Å². The Morgan fingerprint density at radius 1 is 1.44 bits per heavy atom. The number of nitrogens with two attached hydrogens (primary N) is 1. The number of nitrogens with one attached hydrogen (secondary N) is 1. The smallest absolute Gasteiger partial charge is 0.100 e. The lowest BCUT2D eigenvalue weighted by Gasteiger charge is -2.18. The summed E-state index contributed by atoms with van der Waals surface area (Å²) < 4.78 is 0.826. The van der Waals surface area contributed by atoms with E-state index in [1.807, 2.05) is 18.2 Å². The summed E-state index contributed by atoms with van der Waals surface area (Å²) in [5.74, 6) is 0. The van der Waals surface area contributed by atoms with Crippen LogP contribution in [0.4, 0.5) is 5.69 Å². The first kappa shape index (κ1) is 11.4. The van der Waals surface area contributed by atoms with Crippen LogP contribution in [-0.2, 0) is 0 Å². The highest BCUT2D eigenvalue weighted by atomic mass is 79.9. The lowest BCUT2D eigenvalue weighted by Crippen LogP contribution is -2.35. The summed E-state index contributed by atoms with van der Waals surface area (Å²) in [6.07, 6.45) is 3.41. The molecule has 2 unspecified atom stereocenters. The summed E-state index contributed by atoms with van der Waals surface area (Å²) in [6, 6.07) is 8.40. The fourth-order valence-corrected chi connectivity index (χ4v) is 2.55. The molecular weight excluding hydrogens is 266 g/mol. The minimum atomic E-state index is 0.245. The van der Waals surface area contributed by atoms with Crippen LogP contribution in [0.5, 0.6) is 0 Å². The molecule has 1 aromatic rings. The molecule has 84 valence electrons. The first-order valence-electron chi connectivity index (χ1n) is 5.42. The third kappa shape index (κ3) is 2.37. The van der Waals surface area contributed by atoms with Gasteiger partial charge in [0.1, 0.15) is 6.07 Å². The summed E-state index contributed by atoms with van der Waals surface area (Å²) >= 11 is 3.38. The van der Waals surface area contributed by atoms with Gasteiger partial charge in [-0.2, -0.15) is 5.26 Å². The normalized spacial score (nSPS) is 24.1. The molecule has 0 radical (unpaired) electrons. The van der Waals surface area contributed by atoms with E-state index in [2.05, 4.69) is 27.3 Å². The third-order valence-electron chi connectivity index (χ3n) is 3.01. The zero-order valence-electron chi connectivity index (χ0n) is 8.91. The number of hydrogen-bond donors (Lipinski definition) is 2. The van der Waals surface area contributed by atoms with E-state index in [0.29, 0.717) is 11.6 Å². The van der Waals surface area contributed by atoms with Gasteiger partial charge >= 0.3 is 0 Å². The van der Waals surface area contributed by atoms with Crippen molar-refractivity contribution in [3.63, 3.8) is 0 Å². The second-order valence-electron chi connectivity index (χ2n) is 4.15. The highest BCUT2D eigenvalue weighted by Gasteiger charge is 2.23. The van der Waals surface area contributed by atoms with Crippen molar-refractivity contribution in [3.05, 3.63) is 28.2 Å². The Balaban J connectivity index is 2.11. The molecule has 0 spiro atoms. The largest absolute Gasteiger partial charge is 0.381 e. The van der Waals surface area contributed by atoms with Crippen molar-refractivity contribution in [2.24, 2.45) is 5.73 Å². The Labute approximate surface area is 104 Å². The molecule has 1 aliphatic carbocycles. The molecule has 2 atom stereocenters. The molecular formula is C12H14BrN3. The zero-order chi connectivity index (χ0) is 11.5. The van der Waals surface area contributed by atoms with Gasteiger partial charge < -0.3 is 11.1 Å². The molecule has 0 amide bonds. The van der Waals surface area contributed by atoms with Gasteiger partial charge in [0, 0.05) is 22.2 Å². The van der Waals surface area contributed by atoms with Gasteiger partial charge in [-0.05, 0) is 53.4 Å². The molecule has 1 saturated carbocycles. The van der Waals surface area contributed by atoms with Crippen molar-refractivity contribution in [1.82, 2.24) is 0 Å². The van der Waals surface area contributed by atoms with Gasteiger partial charge in [-0.15, -0.1) is 0 Å².